The Morgan fingerprint density at radius 3 is 2.50 bits per heavy atom. The van der Waals surface area contributed by atoms with Crippen molar-refractivity contribution < 1.29 is 8.42 Å². The first-order valence-electron chi connectivity index (χ1n) is 5.93. The van der Waals surface area contributed by atoms with E-state index in [1.165, 1.54) is 45.3 Å². The second-order valence-electron chi connectivity index (χ2n) is 4.32. The van der Waals surface area contributed by atoms with E-state index in [2.05, 4.69) is 0 Å². The molecule has 0 saturated heterocycles. The number of sulfone groups is 1. The van der Waals surface area contributed by atoms with Gasteiger partial charge in [0.2, 0.25) is 0 Å². The lowest BCUT2D eigenvalue weighted by Gasteiger charge is -2.01. The molecule has 2 aromatic rings. The highest BCUT2D eigenvalue weighted by atomic mass is 32.3. The van der Waals surface area contributed by atoms with Crippen molar-refractivity contribution in [3.63, 3.8) is 0 Å². The van der Waals surface area contributed by atoms with Gasteiger partial charge in [0.15, 0.2) is 0 Å². The van der Waals surface area contributed by atoms with Gasteiger partial charge in [0.05, 0.1) is 4.90 Å². The molecule has 1 aliphatic carbocycles. The van der Waals surface area contributed by atoms with E-state index in [1.54, 1.807) is 24.3 Å². The van der Waals surface area contributed by atoms with Crippen LogP contribution in [-0.2, 0) is 22.7 Å². The van der Waals surface area contributed by atoms with Gasteiger partial charge in [-0.1, -0.05) is 18.2 Å². The highest BCUT2D eigenvalue weighted by Gasteiger charge is 2.34. The van der Waals surface area contributed by atoms with Crippen LogP contribution in [0, 0.1) is 0 Å². The van der Waals surface area contributed by atoms with Gasteiger partial charge in [0.25, 0.3) is 9.84 Å². The molecule has 0 radical (unpaired) electrons. The zero-order chi connectivity index (χ0) is 12.6. The van der Waals surface area contributed by atoms with Crippen LogP contribution in [0.25, 0.3) is 0 Å². The van der Waals surface area contributed by atoms with Gasteiger partial charge < -0.3 is 0 Å². The van der Waals surface area contributed by atoms with Gasteiger partial charge in [0, 0.05) is 12.8 Å². The molecule has 0 spiro atoms. The van der Waals surface area contributed by atoms with Crippen LogP contribution in [0.5, 0.6) is 0 Å². The van der Waals surface area contributed by atoms with Crippen molar-refractivity contribution in [1.29, 1.82) is 0 Å². The minimum Gasteiger partial charge on any atom is -0.213 e. The summed E-state index contributed by atoms with van der Waals surface area (Å²) in [5.74, 6) is 0. The van der Waals surface area contributed by atoms with Crippen LogP contribution in [-0.4, -0.2) is 8.42 Å². The normalized spacial score (nSPS) is 15.3. The van der Waals surface area contributed by atoms with Crippen LogP contribution < -0.4 is 0 Å². The van der Waals surface area contributed by atoms with E-state index in [-0.39, 0.29) is 0 Å². The Kier molecular flexibility index (Phi) is 3.21. The van der Waals surface area contributed by atoms with Crippen molar-refractivity contribution >= 4 is 32.5 Å². The molecule has 2 nitrogen and oxygen atoms in total. The summed E-state index contributed by atoms with van der Waals surface area (Å²) >= 11 is 2.94. The highest BCUT2D eigenvalue weighted by molar-refractivity contribution is 7.96. The topological polar surface area (TPSA) is 34.1 Å². The van der Waals surface area contributed by atoms with Crippen LogP contribution in [0.15, 0.2) is 38.8 Å². The quantitative estimate of drug-likeness (QED) is 0.790. The third-order valence-corrected chi connectivity index (χ3v) is 8.56. The molecule has 0 fully saturated rings. The fourth-order valence-corrected chi connectivity index (χ4v) is 7.21. The first kappa shape index (κ1) is 12.3. The largest absolute Gasteiger partial charge is 0.374 e. The minimum absolute atomic E-state index is 0.403. The molecular formula is C13H13O2S3+. The van der Waals surface area contributed by atoms with Crippen molar-refractivity contribution in [2.75, 3.05) is 0 Å². The lowest BCUT2D eigenvalue weighted by atomic mass is 10.1. The summed E-state index contributed by atoms with van der Waals surface area (Å²) in [7, 11) is -3.30. The fourth-order valence-electron chi connectivity index (χ4n) is 2.09. The molecule has 1 aromatic carbocycles. The number of rotatable bonds is 2. The average Bonchev–Trinajstić information content (AvgIpc) is 2.84. The van der Waals surface area contributed by atoms with Crippen molar-refractivity contribution in [2.24, 2.45) is 0 Å². The Labute approximate surface area is 115 Å². The Balaban J connectivity index is 2.07. The summed E-state index contributed by atoms with van der Waals surface area (Å²) in [5, 5.41) is 0. The summed E-state index contributed by atoms with van der Waals surface area (Å²) in [6.45, 7) is 0. The Morgan fingerprint density at radius 2 is 1.78 bits per heavy atom. The molecule has 0 saturated carbocycles. The third-order valence-electron chi connectivity index (χ3n) is 3.05. The van der Waals surface area contributed by atoms with Crippen LogP contribution in [0.4, 0.5) is 0 Å². The predicted octanol–water partition coefficient (Wildman–Crippen LogP) is 3.80. The third kappa shape index (κ3) is 2.11. The predicted molar refractivity (Wildman–Crippen MR) is 75.1 cm³/mol. The maximum absolute atomic E-state index is 12.5. The summed E-state index contributed by atoms with van der Waals surface area (Å²) in [5.41, 5.74) is 0. The second kappa shape index (κ2) is 4.72. The molecule has 5 heteroatoms. The average molecular weight is 297 g/mol. The number of aryl methyl sites for hydroxylation is 2. The zero-order valence-electron chi connectivity index (χ0n) is 9.76. The summed E-state index contributed by atoms with van der Waals surface area (Å²) in [4.78, 5) is 2.96. The van der Waals surface area contributed by atoms with E-state index in [1.807, 2.05) is 6.07 Å². The standard InChI is InChI=1S/C13H13O2S3/c14-18(15,10-6-2-1-3-7-10)13-16-11-8-4-5-9-12(11)17-13/h1-3,6-7H,4-5,8-9H2/q+1. The molecule has 0 N–H and O–H groups in total. The molecule has 18 heavy (non-hydrogen) atoms. The molecule has 1 aromatic heterocycles. The van der Waals surface area contributed by atoms with E-state index in [4.69, 9.17) is 0 Å². The molecule has 0 aliphatic heterocycles. The van der Waals surface area contributed by atoms with Crippen LogP contribution in [0.2, 0.25) is 0 Å². The Bertz CT molecular complexity index is 633. The second-order valence-corrected chi connectivity index (χ2v) is 9.20. The lowest BCUT2D eigenvalue weighted by Crippen LogP contribution is -1.97. The Morgan fingerprint density at radius 1 is 1.06 bits per heavy atom. The maximum Gasteiger partial charge on any atom is 0.374 e. The van der Waals surface area contributed by atoms with Crippen molar-refractivity contribution in [1.82, 2.24) is 0 Å². The molecule has 3 rings (SSSR count). The lowest BCUT2D eigenvalue weighted by molar-refractivity contribution is 0.599. The molecule has 94 valence electrons. The number of fused-ring (bicyclic) bond motifs is 1. The molecule has 1 aliphatic rings. The van der Waals surface area contributed by atoms with E-state index < -0.39 is 9.84 Å². The Hall–Kier alpha value is -0.780. The molecular weight excluding hydrogens is 284 g/mol. The number of hydrogen-bond acceptors (Lipinski definition) is 3. The van der Waals surface area contributed by atoms with Gasteiger partial charge in [-0.05, 0) is 25.0 Å². The van der Waals surface area contributed by atoms with Gasteiger partial charge in [-0.15, -0.1) is 0 Å². The van der Waals surface area contributed by atoms with Gasteiger partial charge in [-0.25, -0.2) is 8.42 Å². The first-order chi connectivity index (χ1) is 8.68. The highest BCUT2D eigenvalue weighted by Crippen LogP contribution is 2.39. The van der Waals surface area contributed by atoms with Gasteiger partial charge >= 0.3 is 3.52 Å². The molecule has 0 atom stereocenters. The van der Waals surface area contributed by atoms with Crippen molar-refractivity contribution in [2.45, 2.75) is 34.1 Å². The number of benzene rings is 1. The smallest absolute Gasteiger partial charge is 0.213 e. The molecule has 0 amide bonds. The van der Waals surface area contributed by atoms with Crippen LogP contribution in [0.1, 0.15) is 22.6 Å². The van der Waals surface area contributed by atoms with Gasteiger partial charge in [-0.3, -0.25) is 0 Å². The van der Waals surface area contributed by atoms with Crippen LogP contribution in [0.3, 0.4) is 0 Å². The summed E-state index contributed by atoms with van der Waals surface area (Å²) in [6.07, 6.45) is 4.46. The summed E-state index contributed by atoms with van der Waals surface area (Å²) in [6, 6.07) is 8.71. The fraction of sp³-hybridized carbons (Fsp3) is 0.308. The molecule has 0 unspecified atom stereocenters. The van der Waals surface area contributed by atoms with E-state index in [0.29, 0.717) is 8.42 Å². The molecule has 0 bridgehead atoms. The van der Waals surface area contributed by atoms with Crippen molar-refractivity contribution in [3.05, 3.63) is 40.1 Å². The van der Waals surface area contributed by atoms with Gasteiger partial charge in [-0.2, -0.15) is 0 Å². The zero-order valence-corrected chi connectivity index (χ0v) is 12.2. The first-order valence-corrected chi connectivity index (χ1v) is 9.04. The SMILES string of the molecule is O=S(=O)(c1ccccc1)c1sc2c([s+]1)CCCC2. The summed E-state index contributed by atoms with van der Waals surface area (Å²) < 4.78 is 25.5. The molecule has 1 heterocycles. The minimum atomic E-state index is -3.30. The monoisotopic (exact) mass is 297 g/mol. The van der Waals surface area contributed by atoms with Crippen LogP contribution >= 0.6 is 22.7 Å². The maximum atomic E-state index is 12.5. The number of hydrogen-bond donors (Lipinski definition) is 0. The van der Waals surface area contributed by atoms with Crippen molar-refractivity contribution in [3.8, 4) is 0 Å². The van der Waals surface area contributed by atoms with E-state index >= 15 is 0 Å². The van der Waals surface area contributed by atoms with Gasteiger partial charge in [0.1, 0.15) is 32.4 Å². The van der Waals surface area contributed by atoms with E-state index in [9.17, 15) is 8.42 Å². The van der Waals surface area contributed by atoms with E-state index in [0.717, 1.165) is 12.8 Å².